The van der Waals surface area contributed by atoms with Gasteiger partial charge in [-0.1, -0.05) is 0 Å². The van der Waals surface area contributed by atoms with Gasteiger partial charge < -0.3 is 4.74 Å². The lowest BCUT2D eigenvalue weighted by Gasteiger charge is -2.17. The number of esters is 1. The number of hydrogen-bond acceptors (Lipinski definition) is 4. The number of ether oxygens (including phenoxy) is 1. The standard InChI is InChI=1S/C13H14BrNO4/c1-13(2,3)19-12(16)7-5-9-4-6-11(15(17)18)10(14)8-9/h4-8H,1-3H3. The number of nitro groups is 1. The van der Waals surface area contributed by atoms with Crippen molar-refractivity contribution in [2.45, 2.75) is 26.4 Å². The van der Waals surface area contributed by atoms with Gasteiger partial charge in [-0.2, -0.15) is 0 Å². The summed E-state index contributed by atoms with van der Waals surface area (Å²) in [5.74, 6) is -0.457. The Hall–Kier alpha value is -1.69. The van der Waals surface area contributed by atoms with Crippen LogP contribution in [0.3, 0.4) is 0 Å². The van der Waals surface area contributed by atoms with E-state index in [0.29, 0.717) is 10.0 Å². The van der Waals surface area contributed by atoms with Gasteiger partial charge >= 0.3 is 5.97 Å². The molecule has 0 atom stereocenters. The van der Waals surface area contributed by atoms with Gasteiger partial charge in [0.2, 0.25) is 0 Å². The van der Waals surface area contributed by atoms with Gasteiger partial charge in [0.25, 0.3) is 5.69 Å². The first-order chi connectivity index (χ1) is 8.69. The molecule has 0 fully saturated rings. The Morgan fingerprint density at radius 1 is 1.42 bits per heavy atom. The van der Waals surface area contributed by atoms with Gasteiger partial charge in [0.15, 0.2) is 0 Å². The highest BCUT2D eigenvalue weighted by atomic mass is 79.9. The zero-order valence-electron chi connectivity index (χ0n) is 10.8. The molecule has 5 nitrogen and oxygen atoms in total. The van der Waals surface area contributed by atoms with Crippen LogP contribution < -0.4 is 0 Å². The first-order valence-electron chi connectivity index (χ1n) is 5.54. The van der Waals surface area contributed by atoms with Gasteiger partial charge in [0, 0.05) is 12.1 Å². The fourth-order valence-corrected chi connectivity index (χ4v) is 1.82. The summed E-state index contributed by atoms with van der Waals surface area (Å²) in [7, 11) is 0. The van der Waals surface area contributed by atoms with Crippen LogP contribution in [-0.4, -0.2) is 16.5 Å². The molecule has 102 valence electrons. The van der Waals surface area contributed by atoms with Crippen molar-refractivity contribution in [1.29, 1.82) is 0 Å². The molecule has 0 aliphatic rings. The Morgan fingerprint density at radius 2 is 2.05 bits per heavy atom. The highest BCUT2D eigenvalue weighted by molar-refractivity contribution is 9.10. The van der Waals surface area contributed by atoms with Crippen molar-refractivity contribution < 1.29 is 14.5 Å². The lowest BCUT2D eigenvalue weighted by molar-refractivity contribution is -0.385. The molecule has 1 aromatic carbocycles. The SMILES string of the molecule is CC(C)(C)OC(=O)C=Cc1ccc([N+](=O)[O-])c(Br)c1. The fraction of sp³-hybridized carbons (Fsp3) is 0.308. The third-order valence-electron chi connectivity index (χ3n) is 1.99. The topological polar surface area (TPSA) is 69.4 Å². The van der Waals surface area contributed by atoms with Crippen LogP contribution >= 0.6 is 15.9 Å². The third kappa shape index (κ3) is 5.21. The maximum Gasteiger partial charge on any atom is 0.331 e. The van der Waals surface area contributed by atoms with E-state index in [4.69, 9.17) is 4.74 Å². The van der Waals surface area contributed by atoms with E-state index in [-0.39, 0.29) is 5.69 Å². The number of carbonyl (C=O) groups excluding carboxylic acids is 1. The lowest BCUT2D eigenvalue weighted by Crippen LogP contribution is -2.22. The number of nitrogens with zero attached hydrogens (tertiary/aromatic N) is 1. The number of nitro benzene ring substituents is 1. The van der Waals surface area contributed by atoms with Crippen molar-refractivity contribution in [2.24, 2.45) is 0 Å². The Morgan fingerprint density at radius 3 is 2.53 bits per heavy atom. The zero-order chi connectivity index (χ0) is 14.6. The molecule has 0 N–H and O–H groups in total. The van der Waals surface area contributed by atoms with Crippen LogP contribution in [0.4, 0.5) is 5.69 Å². The average Bonchev–Trinajstić information content (AvgIpc) is 2.23. The van der Waals surface area contributed by atoms with Crippen LogP contribution in [0.5, 0.6) is 0 Å². The zero-order valence-corrected chi connectivity index (χ0v) is 12.4. The van der Waals surface area contributed by atoms with E-state index in [1.165, 1.54) is 12.1 Å². The smallest absolute Gasteiger partial charge is 0.331 e. The molecule has 1 aromatic rings. The quantitative estimate of drug-likeness (QED) is 0.367. The normalized spacial score (nSPS) is 11.6. The number of hydrogen-bond donors (Lipinski definition) is 0. The first kappa shape index (κ1) is 15.4. The molecule has 0 saturated heterocycles. The second-order valence-electron chi connectivity index (χ2n) is 4.83. The van der Waals surface area contributed by atoms with E-state index in [9.17, 15) is 14.9 Å². The monoisotopic (exact) mass is 327 g/mol. The molecule has 0 aliphatic heterocycles. The summed E-state index contributed by atoms with van der Waals surface area (Å²) in [5.41, 5.74) is 0.107. The summed E-state index contributed by atoms with van der Waals surface area (Å²) in [6, 6.07) is 4.50. The summed E-state index contributed by atoms with van der Waals surface area (Å²) in [6.07, 6.45) is 2.83. The Labute approximate surface area is 119 Å². The Balaban J connectivity index is 2.81. The summed E-state index contributed by atoms with van der Waals surface area (Å²) in [4.78, 5) is 21.6. The van der Waals surface area contributed by atoms with Crippen molar-refractivity contribution in [1.82, 2.24) is 0 Å². The van der Waals surface area contributed by atoms with Gasteiger partial charge in [-0.15, -0.1) is 0 Å². The summed E-state index contributed by atoms with van der Waals surface area (Å²) in [6.45, 7) is 5.34. The van der Waals surface area contributed by atoms with E-state index in [1.807, 2.05) is 0 Å². The maximum absolute atomic E-state index is 11.5. The van der Waals surface area contributed by atoms with Gasteiger partial charge in [-0.05, 0) is 60.5 Å². The minimum Gasteiger partial charge on any atom is -0.457 e. The largest absolute Gasteiger partial charge is 0.457 e. The van der Waals surface area contributed by atoms with Gasteiger partial charge in [-0.25, -0.2) is 4.79 Å². The van der Waals surface area contributed by atoms with E-state index in [2.05, 4.69) is 15.9 Å². The van der Waals surface area contributed by atoms with Crippen molar-refractivity contribution in [2.75, 3.05) is 0 Å². The molecule has 0 amide bonds. The summed E-state index contributed by atoms with van der Waals surface area (Å²) in [5, 5.41) is 10.6. The molecule has 0 aliphatic carbocycles. The molecular formula is C13H14BrNO4. The molecular weight excluding hydrogens is 314 g/mol. The van der Waals surface area contributed by atoms with Crippen LogP contribution in [-0.2, 0) is 9.53 Å². The van der Waals surface area contributed by atoms with Gasteiger partial charge in [-0.3, -0.25) is 10.1 Å². The molecule has 0 unspecified atom stereocenters. The average molecular weight is 328 g/mol. The Kier molecular flexibility index (Phi) is 4.83. The highest BCUT2D eigenvalue weighted by Gasteiger charge is 2.14. The molecule has 0 bridgehead atoms. The third-order valence-corrected chi connectivity index (χ3v) is 2.62. The van der Waals surface area contributed by atoms with Crippen LogP contribution in [0.15, 0.2) is 28.7 Å². The van der Waals surface area contributed by atoms with E-state index in [0.717, 1.165) is 0 Å². The van der Waals surface area contributed by atoms with Crippen molar-refractivity contribution in [3.63, 3.8) is 0 Å². The molecule has 0 aromatic heterocycles. The number of halogens is 1. The number of benzene rings is 1. The predicted molar refractivity (Wildman–Crippen MR) is 75.7 cm³/mol. The van der Waals surface area contributed by atoms with E-state index < -0.39 is 16.5 Å². The summed E-state index contributed by atoms with van der Waals surface area (Å²) < 4.78 is 5.47. The molecule has 19 heavy (non-hydrogen) atoms. The van der Waals surface area contributed by atoms with Crippen LogP contribution in [0.25, 0.3) is 6.08 Å². The Bertz CT molecular complexity index is 532. The van der Waals surface area contributed by atoms with Crippen LogP contribution in [0, 0.1) is 10.1 Å². The fourth-order valence-electron chi connectivity index (χ4n) is 1.27. The summed E-state index contributed by atoms with van der Waals surface area (Å²) >= 11 is 3.11. The van der Waals surface area contributed by atoms with Crippen molar-refractivity contribution in [3.8, 4) is 0 Å². The molecule has 0 spiro atoms. The number of rotatable bonds is 3. The minimum atomic E-state index is -0.544. The molecule has 6 heteroatoms. The van der Waals surface area contributed by atoms with Crippen LogP contribution in [0.2, 0.25) is 0 Å². The predicted octanol–water partition coefficient (Wildman–Crippen LogP) is 3.71. The minimum absolute atomic E-state index is 0.0191. The maximum atomic E-state index is 11.5. The van der Waals surface area contributed by atoms with Gasteiger partial charge in [0.1, 0.15) is 5.60 Å². The van der Waals surface area contributed by atoms with E-state index >= 15 is 0 Å². The molecule has 1 rings (SSSR count). The van der Waals surface area contributed by atoms with Crippen molar-refractivity contribution >= 4 is 33.7 Å². The second-order valence-corrected chi connectivity index (χ2v) is 5.69. The van der Waals surface area contributed by atoms with Crippen LogP contribution in [0.1, 0.15) is 26.3 Å². The molecule has 0 radical (unpaired) electrons. The molecule has 0 saturated carbocycles. The van der Waals surface area contributed by atoms with Gasteiger partial charge in [0.05, 0.1) is 9.40 Å². The highest BCUT2D eigenvalue weighted by Crippen LogP contribution is 2.26. The second kappa shape index (κ2) is 5.97. The van der Waals surface area contributed by atoms with Crippen molar-refractivity contribution in [3.05, 3.63) is 44.4 Å². The lowest BCUT2D eigenvalue weighted by atomic mass is 10.2. The first-order valence-corrected chi connectivity index (χ1v) is 6.33. The van der Waals surface area contributed by atoms with E-state index in [1.54, 1.807) is 39.0 Å². The number of carbonyl (C=O) groups is 1. The molecule has 0 heterocycles.